The Kier molecular flexibility index (Phi) is 7.34. The van der Waals surface area contributed by atoms with Crippen molar-refractivity contribution in [3.05, 3.63) is 77.4 Å². The number of methoxy groups -OCH3 is 3. The van der Waals surface area contributed by atoms with Crippen LogP contribution in [0.5, 0.6) is 17.2 Å². The fraction of sp³-hybridized carbons (Fsp3) is 0.321. The van der Waals surface area contributed by atoms with Crippen molar-refractivity contribution in [3.63, 3.8) is 0 Å². The van der Waals surface area contributed by atoms with Gasteiger partial charge in [-0.25, -0.2) is 0 Å². The Morgan fingerprint density at radius 1 is 0.971 bits per heavy atom. The van der Waals surface area contributed by atoms with Crippen LogP contribution >= 0.6 is 0 Å². The Morgan fingerprint density at radius 3 is 2.23 bits per heavy atom. The molecule has 35 heavy (non-hydrogen) atoms. The maximum Gasteiger partial charge on any atom is 0.251 e. The highest BCUT2D eigenvalue weighted by atomic mass is 16.5. The van der Waals surface area contributed by atoms with Crippen molar-refractivity contribution < 1.29 is 19.0 Å². The molecule has 0 spiro atoms. The Balaban J connectivity index is 1.61. The van der Waals surface area contributed by atoms with Crippen molar-refractivity contribution in [2.45, 2.75) is 12.5 Å². The quantitative estimate of drug-likeness (QED) is 0.498. The molecule has 0 unspecified atom stereocenters. The third-order valence-corrected chi connectivity index (χ3v) is 6.48. The summed E-state index contributed by atoms with van der Waals surface area (Å²) in [6.45, 7) is 1.35. The molecule has 0 saturated carbocycles. The van der Waals surface area contributed by atoms with Crippen LogP contribution in [0.2, 0.25) is 0 Å². The zero-order valence-electron chi connectivity index (χ0n) is 21.0. The zero-order valence-corrected chi connectivity index (χ0v) is 21.0. The SMILES string of the molecule is COc1cc(C(=O)NC[C@H](c2ccc(N(C)C)cc2)N2CCc3ccccc32)cc(OC)c1OC. The molecule has 1 amide bonds. The van der Waals surface area contributed by atoms with E-state index in [0.717, 1.165) is 24.2 Å². The number of ether oxygens (including phenoxy) is 3. The van der Waals surface area contributed by atoms with Gasteiger partial charge in [-0.15, -0.1) is 0 Å². The largest absolute Gasteiger partial charge is 0.493 e. The van der Waals surface area contributed by atoms with Gasteiger partial charge in [-0.3, -0.25) is 4.79 Å². The van der Waals surface area contributed by atoms with Crippen molar-refractivity contribution in [3.8, 4) is 17.2 Å². The minimum atomic E-state index is -0.202. The van der Waals surface area contributed by atoms with Crippen LogP contribution in [0.4, 0.5) is 11.4 Å². The van der Waals surface area contributed by atoms with Gasteiger partial charge in [0.05, 0.1) is 27.4 Å². The molecule has 3 aromatic carbocycles. The number of amides is 1. The van der Waals surface area contributed by atoms with E-state index < -0.39 is 0 Å². The number of hydrogen-bond acceptors (Lipinski definition) is 6. The predicted octanol–water partition coefficient (Wildman–Crippen LogP) is 4.31. The van der Waals surface area contributed by atoms with Crippen LogP contribution in [-0.2, 0) is 6.42 Å². The lowest BCUT2D eigenvalue weighted by atomic mass is 10.0. The summed E-state index contributed by atoms with van der Waals surface area (Å²) >= 11 is 0. The molecule has 1 atom stereocenters. The molecule has 7 nitrogen and oxygen atoms in total. The Morgan fingerprint density at radius 2 is 1.63 bits per heavy atom. The molecule has 1 N–H and O–H groups in total. The number of carbonyl (C=O) groups excluding carboxylic acids is 1. The Hall–Kier alpha value is -3.87. The number of rotatable bonds is 9. The summed E-state index contributed by atoms with van der Waals surface area (Å²) in [6.07, 6.45) is 0.989. The van der Waals surface area contributed by atoms with Gasteiger partial charge >= 0.3 is 0 Å². The van der Waals surface area contributed by atoms with Crippen LogP contribution in [0.25, 0.3) is 0 Å². The molecule has 184 valence electrons. The first-order valence-electron chi connectivity index (χ1n) is 11.7. The van der Waals surface area contributed by atoms with Gasteiger partial charge in [0, 0.05) is 44.1 Å². The fourth-order valence-corrected chi connectivity index (χ4v) is 4.59. The normalized spacial score (nSPS) is 13.1. The van der Waals surface area contributed by atoms with Crippen LogP contribution < -0.4 is 29.3 Å². The first-order chi connectivity index (χ1) is 17.0. The van der Waals surface area contributed by atoms with E-state index in [4.69, 9.17) is 14.2 Å². The number of fused-ring (bicyclic) bond motifs is 1. The number of nitrogens with zero attached hydrogens (tertiary/aromatic N) is 2. The monoisotopic (exact) mass is 475 g/mol. The highest BCUT2D eigenvalue weighted by Gasteiger charge is 2.28. The number of hydrogen-bond donors (Lipinski definition) is 1. The standard InChI is InChI=1S/C28H33N3O4/c1-30(2)22-12-10-20(11-13-22)24(31-15-14-19-8-6-7-9-23(19)31)18-29-28(32)21-16-25(33-3)27(35-5)26(17-21)34-4/h6-13,16-17,24H,14-15,18H2,1-5H3,(H,29,32)/t24-/m1/s1. The summed E-state index contributed by atoms with van der Waals surface area (Å²) in [6, 6.07) is 20.3. The molecule has 1 aliphatic heterocycles. The molecule has 0 saturated heterocycles. The highest BCUT2D eigenvalue weighted by molar-refractivity contribution is 5.95. The summed E-state index contributed by atoms with van der Waals surface area (Å²) < 4.78 is 16.2. The zero-order chi connectivity index (χ0) is 24.9. The second-order valence-corrected chi connectivity index (χ2v) is 8.70. The number of nitrogens with one attached hydrogen (secondary N) is 1. The average molecular weight is 476 g/mol. The third kappa shape index (κ3) is 4.99. The van der Waals surface area contributed by atoms with Gasteiger partial charge in [0.1, 0.15) is 0 Å². The Bertz CT molecular complexity index is 1150. The van der Waals surface area contributed by atoms with Crippen LogP contribution in [0.3, 0.4) is 0 Å². The van der Waals surface area contributed by atoms with E-state index in [1.54, 1.807) is 19.2 Å². The summed E-state index contributed by atoms with van der Waals surface area (Å²) in [5.41, 5.74) is 5.28. The van der Waals surface area contributed by atoms with E-state index in [0.29, 0.717) is 29.4 Å². The first kappa shape index (κ1) is 24.3. The lowest BCUT2D eigenvalue weighted by Crippen LogP contribution is -2.37. The van der Waals surface area contributed by atoms with E-state index in [9.17, 15) is 4.79 Å². The first-order valence-corrected chi connectivity index (χ1v) is 11.7. The van der Waals surface area contributed by atoms with Crippen LogP contribution in [-0.4, -0.2) is 54.4 Å². The van der Waals surface area contributed by atoms with Crippen LogP contribution in [0.15, 0.2) is 60.7 Å². The van der Waals surface area contributed by atoms with Gasteiger partial charge in [-0.2, -0.15) is 0 Å². The Labute approximate surface area is 207 Å². The topological polar surface area (TPSA) is 63.3 Å². The number of para-hydroxylation sites is 1. The lowest BCUT2D eigenvalue weighted by Gasteiger charge is -2.31. The number of carbonyl (C=O) groups is 1. The second kappa shape index (κ2) is 10.6. The fourth-order valence-electron chi connectivity index (χ4n) is 4.59. The molecule has 0 fully saturated rings. The van der Waals surface area contributed by atoms with Crippen molar-refractivity contribution in [2.75, 3.05) is 58.3 Å². The number of anilines is 2. The van der Waals surface area contributed by atoms with E-state index in [2.05, 4.69) is 63.6 Å². The average Bonchev–Trinajstić information content (AvgIpc) is 3.32. The second-order valence-electron chi connectivity index (χ2n) is 8.70. The summed E-state index contributed by atoms with van der Waals surface area (Å²) in [4.78, 5) is 17.7. The van der Waals surface area contributed by atoms with E-state index in [1.807, 2.05) is 14.1 Å². The molecule has 0 bridgehead atoms. The maximum absolute atomic E-state index is 13.2. The molecule has 1 heterocycles. The molecule has 1 aliphatic rings. The molecule has 4 rings (SSSR count). The molecule has 0 radical (unpaired) electrons. The van der Waals surface area contributed by atoms with Crippen molar-refractivity contribution >= 4 is 17.3 Å². The van der Waals surface area contributed by atoms with Crippen LogP contribution in [0.1, 0.15) is 27.5 Å². The smallest absolute Gasteiger partial charge is 0.251 e. The molecular weight excluding hydrogens is 442 g/mol. The summed E-state index contributed by atoms with van der Waals surface area (Å²) in [5, 5.41) is 3.14. The molecule has 3 aromatic rings. The van der Waals surface area contributed by atoms with Gasteiger partial charge in [-0.05, 0) is 47.9 Å². The van der Waals surface area contributed by atoms with Gasteiger partial charge < -0.3 is 29.3 Å². The summed E-state index contributed by atoms with van der Waals surface area (Å²) in [5.74, 6) is 1.15. The predicted molar refractivity (Wildman–Crippen MR) is 139 cm³/mol. The molecule has 7 heteroatoms. The van der Waals surface area contributed by atoms with Crippen LogP contribution in [0, 0.1) is 0 Å². The highest BCUT2D eigenvalue weighted by Crippen LogP contribution is 2.38. The van der Waals surface area contributed by atoms with Gasteiger partial charge in [0.2, 0.25) is 5.75 Å². The van der Waals surface area contributed by atoms with Gasteiger partial charge in [-0.1, -0.05) is 30.3 Å². The van der Waals surface area contributed by atoms with Crippen molar-refractivity contribution in [1.82, 2.24) is 5.32 Å². The molecule has 0 aliphatic carbocycles. The van der Waals surface area contributed by atoms with E-state index >= 15 is 0 Å². The maximum atomic E-state index is 13.2. The minimum Gasteiger partial charge on any atom is -0.493 e. The third-order valence-electron chi connectivity index (χ3n) is 6.48. The van der Waals surface area contributed by atoms with Gasteiger partial charge in [0.25, 0.3) is 5.91 Å². The van der Waals surface area contributed by atoms with E-state index in [1.165, 1.54) is 25.5 Å². The molecular formula is C28H33N3O4. The van der Waals surface area contributed by atoms with Crippen molar-refractivity contribution in [2.24, 2.45) is 0 Å². The van der Waals surface area contributed by atoms with E-state index in [-0.39, 0.29) is 11.9 Å². The summed E-state index contributed by atoms with van der Waals surface area (Å²) in [7, 11) is 8.68. The molecule has 0 aromatic heterocycles. The number of benzene rings is 3. The van der Waals surface area contributed by atoms with Crippen molar-refractivity contribution in [1.29, 1.82) is 0 Å². The minimum absolute atomic E-state index is 0.0131. The lowest BCUT2D eigenvalue weighted by molar-refractivity contribution is 0.0950. The van der Waals surface area contributed by atoms with Gasteiger partial charge in [0.15, 0.2) is 11.5 Å².